The van der Waals surface area contributed by atoms with Gasteiger partial charge in [-0.1, -0.05) is 34.8 Å². The minimum Gasteiger partial charge on any atom is -0.490 e. The molecule has 37 heavy (non-hydrogen) atoms. The van der Waals surface area contributed by atoms with E-state index in [-0.39, 0.29) is 18.9 Å². The first-order valence-corrected chi connectivity index (χ1v) is 11.9. The van der Waals surface area contributed by atoms with Gasteiger partial charge in [-0.05, 0) is 76.3 Å². The molecule has 1 amide bonds. The van der Waals surface area contributed by atoms with E-state index < -0.39 is 23.0 Å². The molecule has 0 aliphatic heterocycles. The fourth-order valence-electron chi connectivity index (χ4n) is 3.05. The molecule has 0 spiro atoms. The molecule has 0 saturated carbocycles. The Bertz CT molecular complexity index is 1010. The van der Waals surface area contributed by atoms with E-state index >= 15 is 0 Å². The van der Waals surface area contributed by atoms with Crippen molar-refractivity contribution in [2.75, 3.05) is 20.3 Å². The number of ether oxygens (including phenoxy) is 2. The fourth-order valence-corrected chi connectivity index (χ4v) is 3.05. The quantitative estimate of drug-likeness (QED) is 0.0469. The van der Waals surface area contributed by atoms with Crippen molar-refractivity contribution in [1.29, 1.82) is 0 Å². The highest BCUT2D eigenvalue weighted by Crippen LogP contribution is 2.14. The van der Waals surface area contributed by atoms with Crippen molar-refractivity contribution < 1.29 is 24.1 Å². The minimum absolute atomic E-state index is 0.131. The van der Waals surface area contributed by atoms with Crippen LogP contribution in [0, 0.1) is 10.1 Å². The normalized spacial score (nSPS) is 12.5. The van der Waals surface area contributed by atoms with Crippen LogP contribution in [-0.2, 0) is 14.3 Å². The number of methoxy groups -OCH3 is 1. The molecule has 11 heteroatoms. The molecule has 1 aromatic rings. The summed E-state index contributed by atoms with van der Waals surface area (Å²) in [5.41, 5.74) is 10.4. The van der Waals surface area contributed by atoms with Crippen LogP contribution in [0.15, 0.2) is 58.6 Å². The molecule has 0 heterocycles. The van der Waals surface area contributed by atoms with Gasteiger partial charge in [0.05, 0.1) is 7.11 Å². The maximum Gasteiger partial charge on any atom is 0.328 e. The first-order valence-electron chi connectivity index (χ1n) is 11.9. The molecule has 0 saturated heterocycles. The van der Waals surface area contributed by atoms with Crippen LogP contribution in [0.1, 0.15) is 52.0 Å². The van der Waals surface area contributed by atoms with Crippen molar-refractivity contribution in [2.24, 2.45) is 10.7 Å². The lowest BCUT2D eigenvalue weighted by Gasteiger charge is -2.14. The third kappa shape index (κ3) is 14.8. The van der Waals surface area contributed by atoms with E-state index in [1.807, 2.05) is 24.3 Å². The number of hydrazine groups is 1. The molecule has 1 rings (SSSR count). The van der Waals surface area contributed by atoms with Gasteiger partial charge in [0.25, 0.3) is 5.96 Å². The lowest BCUT2D eigenvalue weighted by molar-refractivity contribution is -0.525. The van der Waals surface area contributed by atoms with Crippen LogP contribution < -0.4 is 21.2 Å². The van der Waals surface area contributed by atoms with Crippen LogP contribution in [-0.4, -0.2) is 49.2 Å². The number of benzene rings is 1. The summed E-state index contributed by atoms with van der Waals surface area (Å²) in [5, 5.41) is 12.1. The zero-order valence-electron chi connectivity index (χ0n) is 21.9. The van der Waals surface area contributed by atoms with Crippen molar-refractivity contribution in [1.82, 2.24) is 10.7 Å². The van der Waals surface area contributed by atoms with Crippen LogP contribution in [0.4, 0.5) is 0 Å². The number of aliphatic imine (C=N–C) groups is 1. The fraction of sp³-hybridized carbons (Fsp3) is 0.423. The van der Waals surface area contributed by atoms with Crippen LogP contribution in [0.3, 0.4) is 0 Å². The van der Waals surface area contributed by atoms with Crippen LogP contribution in [0.2, 0.25) is 0 Å². The van der Waals surface area contributed by atoms with Gasteiger partial charge in [-0.3, -0.25) is 4.79 Å². The topological polar surface area (TPSA) is 158 Å². The summed E-state index contributed by atoms with van der Waals surface area (Å²) >= 11 is 0. The molecule has 0 radical (unpaired) electrons. The number of hydrogen-bond acceptors (Lipinski definition) is 7. The van der Waals surface area contributed by atoms with E-state index in [9.17, 15) is 19.7 Å². The summed E-state index contributed by atoms with van der Waals surface area (Å²) in [7, 11) is 1.22. The second-order valence-corrected chi connectivity index (χ2v) is 8.45. The molecule has 0 bridgehead atoms. The van der Waals surface area contributed by atoms with E-state index in [1.165, 1.54) is 24.3 Å². The maximum atomic E-state index is 12.3. The Balaban J connectivity index is 2.54. The number of nitro groups is 1. The van der Waals surface area contributed by atoms with Gasteiger partial charge in [-0.25, -0.2) is 19.9 Å². The monoisotopic (exact) mass is 515 g/mol. The molecule has 0 unspecified atom stereocenters. The molecule has 0 fully saturated rings. The smallest absolute Gasteiger partial charge is 0.328 e. The first kappa shape index (κ1) is 30.9. The number of nitrogens with two attached hydrogens (primary N) is 1. The number of rotatable bonds is 15. The molecule has 11 nitrogen and oxygen atoms in total. The van der Waals surface area contributed by atoms with E-state index in [0.29, 0.717) is 13.0 Å². The van der Waals surface area contributed by atoms with Gasteiger partial charge in [0.15, 0.2) is 5.03 Å². The number of amides is 1. The van der Waals surface area contributed by atoms with Crippen molar-refractivity contribution in [2.45, 2.75) is 52.5 Å². The zero-order chi connectivity index (χ0) is 27.6. The number of allylic oxidation sites excluding steroid dienone is 3. The summed E-state index contributed by atoms with van der Waals surface area (Å²) in [4.78, 5) is 38.4. The van der Waals surface area contributed by atoms with Crippen LogP contribution in [0.5, 0.6) is 5.75 Å². The average Bonchev–Trinajstić information content (AvgIpc) is 2.84. The largest absolute Gasteiger partial charge is 0.490 e. The standard InChI is InChI=1S/C26H37N5O6/c1-19(2)7-5-8-20(3)16-18-37-22-13-10-21(11-14-22)12-15-24(32)29-23(25(33)36-4)9-6-17-28-26(27)30-31(34)35/h7,10-16,23H,5-6,8-9,17-18H2,1-4H3,(H,29,32)(H3,27,28,30)/b15-12+,20-16+/t23-/m0/s1. The SMILES string of the molecule is COC(=O)[C@H](CCCN=C(N)N[N+](=O)[O-])NC(=O)/C=C/c1ccc(OC/C=C(\C)CCC=C(C)C)cc1. The number of esters is 1. The molecule has 1 aromatic carbocycles. The van der Waals surface area contributed by atoms with Gasteiger partial charge in [0.2, 0.25) is 5.91 Å². The van der Waals surface area contributed by atoms with Gasteiger partial charge in [0, 0.05) is 12.6 Å². The number of carbonyl (C=O) groups is 2. The van der Waals surface area contributed by atoms with Gasteiger partial charge in [-0.2, -0.15) is 0 Å². The lowest BCUT2D eigenvalue weighted by atomic mass is 10.1. The minimum atomic E-state index is -0.892. The van der Waals surface area contributed by atoms with Gasteiger partial charge >= 0.3 is 5.97 Å². The number of carbonyl (C=O) groups excluding carboxylic acids is 2. The predicted molar refractivity (Wildman–Crippen MR) is 143 cm³/mol. The number of nitrogens with zero attached hydrogens (tertiary/aromatic N) is 2. The van der Waals surface area contributed by atoms with E-state index in [2.05, 4.69) is 43.2 Å². The molecule has 202 valence electrons. The van der Waals surface area contributed by atoms with Gasteiger partial charge in [-0.15, -0.1) is 0 Å². The van der Waals surface area contributed by atoms with Crippen molar-refractivity contribution in [3.05, 3.63) is 69.3 Å². The summed E-state index contributed by atoms with van der Waals surface area (Å²) in [6.07, 6.45) is 9.81. The predicted octanol–water partition coefficient (Wildman–Crippen LogP) is 3.31. The average molecular weight is 516 g/mol. The third-order valence-corrected chi connectivity index (χ3v) is 5.02. The second-order valence-electron chi connectivity index (χ2n) is 8.45. The molecule has 0 aromatic heterocycles. The summed E-state index contributed by atoms with van der Waals surface area (Å²) in [6.45, 7) is 6.89. The lowest BCUT2D eigenvalue weighted by Crippen LogP contribution is -2.41. The molecular weight excluding hydrogens is 478 g/mol. The van der Waals surface area contributed by atoms with Crippen molar-refractivity contribution in [3.8, 4) is 5.75 Å². The highest BCUT2D eigenvalue weighted by molar-refractivity contribution is 5.94. The summed E-state index contributed by atoms with van der Waals surface area (Å²) in [6, 6.07) is 6.40. The molecule has 0 aliphatic carbocycles. The number of guanidine groups is 1. The first-order chi connectivity index (χ1) is 17.6. The van der Waals surface area contributed by atoms with Crippen molar-refractivity contribution in [3.63, 3.8) is 0 Å². The second kappa shape index (κ2) is 17.3. The Labute approximate surface area is 217 Å². The van der Waals surface area contributed by atoms with Gasteiger partial charge in [0.1, 0.15) is 18.4 Å². The zero-order valence-corrected chi connectivity index (χ0v) is 21.9. The molecule has 1 atom stereocenters. The maximum absolute atomic E-state index is 12.3. The summed E-state index contributed by atoms with van der Waals surface area (Å²) in [5.74, 6) is -0.700. The van der Waals surface area contributed by atoms with Crippen molar-refractivity contribution >= 4 is 23.9 Å². The Hall–Kier alpha value is -4.15. The Morgan fingerprint density at radius 2 is 1.89 bits per heavy atom. The molecule has 4 N–H and O–H groups in total. The van der Waals surface area contributed by atoms with Crippen LogP contribution >= 0.6 is 0 Å². The molecule has 0 aliphatic rings. The van der Waals surface area contributed by atoms with E-state index in [0.717, 1.165) is 24.2 Å². The Morgan fingerprint density at radius 3 is 2.51 bits per heavy atom. The third-order valence-electron chi connectivity index (χ3n) is 5.02. The van der Waals surface area contributed by atoms with Gasteiger partial charge < -0.3 is 20.5 Å². The number of hydrogen-bond donors (Lipinski definition) is 3. The number of nitrogens with one attached hydrogen (secondary N) is 2. The van der Waals surface area contributed by atoms with E-state index in [4.69, 9.17) is 15.2 Å². The van der Waals surface area contributed by atoms with E-state index in [1.54, 1.807) is 11.5 Å². The highest BCUT2D eigenvalue weighted by Gasteiger charge is 2.20. The Kier molecular flexibility index (Phi) is 14.4. The Morgan fingerprint density at radius 1 is 1.19 bits per heavy atom. The highest BCUT2D eigenvalue weighted by atomic mass is 16.7. The molecular formula is C26H37N5O6. The van der Waals surface area contributed by atoms with Crippen LogP contribution in [0.25, 0.3) is 6.08 Å². The summed E-state index contributed by atoms with van der Waals surface area (Å²) < 4.78 is 10.5.